The minimum atomic E-state index is 0.346. The lowest BCUT2D eigenvalue weighted by atomic mass is 9.99. The third-order valence-corrected chi connectivity index (χ3v) is 3.44. The van der Waals surface area contributed by atoms with Gasteiger partial charge in [-0.15, -0.1) is 0 Å². The van der Waals surface area contributed by atoms with Crippen LogP contribution in [0.25, 0.3) is 0 Å². The number of rotatable bonds is 5. The zero-order chi connectivity index (χ0) is 12.1. The van der Waals surface area contributed by atoms with E-state index in [4.69, 9.17) is 5.73 Å². The fourth-order valence-electron chi connectivity index (χ4n) is 1.75. The zero-order valence-corrected chi connectivity index (χ0v) is 11.8. The second-order valence-corrected chi connectivity index (χ2v) is 5.30. The first-order chi connectivity index (χ1) is 7.56. The smallest absolute Gasteiger partial charge is 0.0409 e. The van der Waals surface area contributed by atoms with Gasteiger partial charge in [0.15, 0.2) is 0 Å². The van der Waals surface area contributed by atoms with Crippen LogP contribution in [0.3, 0.4) is 0 Å². The lowest BCUT2D eigenvalue weighted by Crippen LogP contribution is -2.34. The molecule has 0 bridgehead atoms. The van der Waals surface area contributed by atoms with Crippen LogP contribution < -0.4 is 11.1 Å². The monoisotopic (exact) mass is 284 g/mol. The summed E-state index contributed by atoms with van der Waals surface area (Å²) in [7, 11) is 0. The number of hydrogen-bond donors (Lipinski definition) is 2. The van der Waals surface area contributed by atoms with Crippen molar-refractivity contribution >= 4 is 21.6 Å². The highest BCUT2D eigenvalue weighted by Gasteiger charge is 2.13. The number of nitrogens with two attached hydrogens (primary N) is 1. The summed E-state index contributed by atoms with van der Waals surface area (Å²) in [6.45, 7) is 7.19. The van der Waals surface area contributed by atoms with Crippen molar-refractivity contribution in [2.75, 3.05) is 11.9 Å². The highest BCUT2D eigenvalue weighted by atomic mass is 79.9. The van der Waals surface area contributed by atoms with Gasteiger partial charge in [0.25, 0.3) is 0 Å². The van der Waals surface area contributed by atoms with E-state index in [0.717, 1.165) is 16.6 Å². The molecule has 0 radical (unpaired) electrons. The maximum Gasteiger partial charge on any atom is 0.0409 e. The number of halogens is 1. The van der Waals surface area contributed by atoms with Gasteiger partial charge in [0, 0.05) is 22.7 Å². The molecule has 1 aromatic rings. The molecule has 0 aliphatic rings. The van der Waals surface area contributed by atoms with Crippen LogP contribution in [0.5, 0.6) is 0 Å². The van der Waals surface area contributed by atoms with Crippen LogP contribution in [0.4, 0.5) is 5.69 Å². The Bertz CT molecular complexity index is 318. The van der Waals surface area contributed by atoms with Crippen LogP contribution in [0, 0.1) is 12.8 Å². The predicted molar refractivity (Wildman–Crippen MR) is 74.8 cm³/mol. The predicted octanol–water partition coefficient (Wildman–Crippen LogP) is 3.54. The van der Waals surface area contributed by atoms with Gasteiger partial charge in [-0.25, -0.2) is 0 Å². The van der Waals surface area contributed by atoms with Crippen molar-refractivity contribution in [2.24, 2.45) is 11.7 Å². The molecule has 0 amide bonds. The number of benzene rings is 1. The molecule has 0 spiro atoms. The number of anilines is 1. The largest absolute Gasteiger partial charge is 0.381 e. The maximum atomic E-state index is 5.80. The van der Waals surface area contributed by atoms with Gasteiger partial charge in [0.2, 0.25) is 0 Å². The van der Waals surface area contributed by atoms with E-state index in [0.29, 0.717) is 18.5 Å². The van der Waals surface area contributed by atoms with E-state index < -0.39 is 0 Å². The van der Waals surface area contributed by atoms with Crippen LogP contribution in [-0.4, -0.2) is 12.6 Å². The highest BCUT2D eigenvalue weighted by Crippen LogP contribution is 2.21. The van der Waals surface area contributed by atoms with Gasteiger partial charge in [-0.05, 0) is 36.6 Å². The summed E-state index contributed by atoms with van der Waals surface area (Å²) < 4.78 is 1.11. The van der Waals surface area contributed by atoms with E-state index in [1.165, 1.54) is 5.56 Å². The van der Waals surface area contributed by atoms with Crippen LogP contribution in [-0.2, 0) is 0 Å². The van der Waals surface area contributed by atoms with Crippen molar-refractivity contribution in [3.63, 3.8) is 0 Å². The Morgan fingerprint density at radius 1 is 1.38 bits per heavy atom. The molecule has 3 N–H and O–H groups in total. The quantitative estimate of drug-likeness (QED) is 0.868. The summed E-state index contributed by atoms with van der Waals surface area (Å²) >= 11 is 3.51. The fourth-order valence-corrected chi connectivity index (χ4v) is 2.36. The number of aryl methyl sites for hydroxylation is 1. The Morgan fingerprint density at radius 2 is 2.06 bits per heavy atom. The molecule has 2 nitrogen and oxygen atoms in total. The van der Waals surface area contributed by atoms with Gasteiger partial charge in [0.1, 0.15) is 0 Å². The van der Waals surface area contributed by atoms with Crippen LogP contribution in [0.1, 0.15) is 25.8 Å². The lowest BCUT2D eigenvalue weighted by molar-refractivity contribution is 0.474. The van der Waals surface area contributed by atoms with Crippen LogP contribution >= 0.6 is 15.9 Å². The minimum absolute atomic E-state index is 0.346. The molecule has 3 heteroatoms. The Morgan fingerprint density at radius 3 is 2.56 bits per heavy atom. The molecule has 1 aromatic carbocycles. The molecule has 16 heavy (non-hydrogen) atoms. The number of nitrogens with one attached hydrogen (secondary N) is 1. The summed E-state index contributed by atoms with van der Waals surface area (Å²) in [4.78, 5) is 0. The Kier molecular flexibility index (Phi) is 5.29. The molecule has 0 heterocycles. The molecule has 0 aliphatic carbocycles. The summed E-state index contributed by atoms with van der Waals surface area (Å²) in [5.74, 6) is 0.587. The summed E-state index contributed by atoms with van der Waals surface area (Å²) in [5, 5.41) is 3.51. The van der Waals surface area contributed by atoms with Gasteiger partial charge < -0.3 is 11.1 Å². The maximum absolute atomic E-state index is 5.80. The molecular weight excluding hydrogens is 264 g/mol. The van der Waals surface area contributed by atoms with Crippen molar-refractivity contribution < 1.29 is 0 Å². The van der Waals surface area contributed by atoms with E-state index in [9.17, 15) is 0 Å². The molecule has 0 saturated heterocycles. The Balaban J connectivity index is 2.77. The van der Waals surface area contributed by atoms with E-state index in [2.05, 4.69) is 60.2 Å². The van der Waals surface area contributed by atoms with Gasteiger partial charge >= 0.3 is 0 Å². The molecule has 0 aromatic heterocycles. The second-order valence-electron chi connectivity index (χ2n) is 4.39. The van der Waals surface area contributed by atoms with Gasteiger partial charge in [-0.1, -0.05) is 36.2 Å². The van der Waals surface area contributed by atoms with E-state index >= 15 is 0 Å². The van der Waals surface area contributed by atoms with Gasteiger partial charge in [-0.3, -0.25) is 0 Å². The fraction of sp³-hybridized carbons (Fsp3) is 0.538. The summed E-state index contributed by atoms with van der Waals surface area (Å²) in [6.07, 6.45) is 1.14. The average Bonchev–Trinajstić information content (AvgIpc) is 2.23. The first kappa shape index (κ1) is 13.5. The van der Waals surface area contributed by atoms with Crippen molar-refractivity contribution in [1.82, 2.24) is 0 Å². The molecule has 0 saturated carbocycles. The average molecular weight is 285 g/mol. The number of hydrogen-bond acceptors (Lipinski definition) is 2. The molecule has 90 valence electrons. The second kappa shape index (κ2) is 6.26. The first-order valence-corrected chi connectivity index (χ1v) is 6.60. The Labute approximate surface area is 107 Å². The molecule has 2 atom stereocenters. The van der Waals surface area contributed by atoms with Crippen LogP contribution in [0.2, 0.25) is 0 Å². The SMILES string of the molecule is CCC(C)C(CN)Nc1cc(C)cc(Br)c1. The normalized spacial score (nSPS) is 14.6. The highest BCUT2D eigenvalue weighted by molar-refractivity contribution is 9.10. The van der Waals surface area contributed by atoms with Crippen molar-refractivity contribution in [3.8, 4) is 0 Å². The lowest BCUT2D eigenvalue weighted by Gasteiger charge is -2.24. The standard InChI is InChI=1S/C13H21BrN2/c1-4-10(3)13(8-15)16-12-6-9(2)5-11(14)7-12/h5-7,10,13,16H,4,8,15H2,1-3H3. The summed E-state index contributed by atoms with van der Waals surface area (Å²) in [6, 6.07) is 6.69. The van der Waals surface area contributed by atoms with E-state index in [1.54, 1.807) is 0 Å². The van der Waals surface area contributed by atoms with Gasteiger partial charge in [-0.2, -0.15) is 0 Å². The van der Waals surface area contributed by atoms with E-state index in [1.807, 2.05) is 0 Å². The molecule has 0 aliphatic heterocycles. The topological polar surface area (TPSA) is 38.0 Å². The first-order valence-electron chi connectivity index (χ1n) is 5.80. The van der Waals surface area contributed by atoms with Gasteiger partial charge in [0.05, 0.1) is 0 Å². The third kappa shape index (κ3) is 3.80. The summed E-state index contributed by atoms with van der Waals surface area (Å²) in [5.41, 5.74) is 8.19. The zero-order valence-electron chi connectivity index (χ0n) is 10.3. The van der Waals surface area contributed by atoms with Crippen LogP contribution in [0.15, 0.2) is 22.7 Å². The van der Waals surface area contributed by atoms with Crippen molar-refractivity contribution in [3.05, 3.63) is 28.2 Å². The van der Waals surface area contributed by atoms with Crippen molar-refractivity contribution in [2.45, 2.75) is 33.2 Å². The molecular formula is C13H21BrN2. The van der Waals surface area contributed by atoms with E-state index in [-0.39, 0.29) is 0 Å². The Hall–Kier alpha value is -0.540. The minimum Gasteiger partial charge on any atom is -0.381 e. The third-order valence-electron chi connectivity index (χ3n) is 2.98. The van der Waals surface area contributed by atoms with Crippen molar-refractivity contribution in [1.29, 1.82) is 0 Å². The molecule has 1 rings (SSSR count). The molecule has 0 fully saturated rings. The molecule has 2 unspecified atom stereocenters.